The van der Waals surface area contributed by atoms with Gasteiger partial charge < -0.3 is 9.47 Å². The highest BCUT2D eigenvalue weighted by Gasteiger charge is 2.34. The van der Waals surface area contributed by atoms with Crippen LogP contribution < -0.4 is 9.47 Å². The van der Waals surface area contributed by atoms with E-state index < -0.39 is 5.41 Å². The highest BCUT2D eigenvalue weighted by molar-refractivity contribution is 6.10. The van der Waals surface area contributed by atoms with Crippen LogP contribution in [0.15, 0.2) is 17.7 Å². The second-order valence-electron chi connectivity index (χ2n) is 7.64. The molecule has 152 valence electrons. The Morgan fingerprint density at radius 3 is 1.93 bits per heavy atom. The molecule has 0 bridgehead atoms. The van der Waals surface area contributed by atoms with Gasteiger partial charge in [-0.3, -0.25) is 19.2 Å². The standard InChI is InChI=1S/C13H16O4.C9H12O2/c1-7-6-12(16-10(4)14)8(2)9(3)13(7)17-11(5)15;1-6-4-7(10)5-9(2,3)8(6)11/h6H,1-5H3;4H,5H2,1-3H3. The summed E-state index contributed by atoms with van der Waals surface area (Å²) in [5.74, 6) is 0.460. The fraction of sp³-hybridized carbons (Fsp3) is 0.455. The molecule has 1 aromatic rings. The number of carbonyl (C=O) groups excluding carboxylic acids is 4. The third-order valence-electron chi connectivity index (χ3n) is 4.44. The smallest absolute Gasteiger partial charge is 0.308 e. The van der Waals surface area contributed by atoms with Gasteiger partial charge in [-0.2, -0.15) is 0 Å². The normalized spacial score (nSPS) is 15.2. The van der Waals surface area contributed by atoms with Crippen molar-refractivity contribution in [3.8, 4) is 11.5 Å². The Kier molecular flexibility index (Phi) is 7.44. The zero-order chi connectivity index (χ0) is 21.8. The summed E-state index contributed by atoms with van der Waals surface area (Å²) in [6.07, 6.45) is 1.79. The van der Waals surface area contributed by atoms with Crippen molar-refractivity contribution in [3.63, 3.8) is 0 Å². The molecular weight excluding hydrogens is 360 g/mol. The molecule has 0 radical (unpaired) electrons. The van der Waals surface area contributed by atoms with Crippen LogP contribution in [0.2, 0.25) is 0 Å². The van der Waals surface area contributed by atoms with E-state index in [9.17, 15) is 19.2 Å². The predicted molar refractivity (Wildman–Crippen MR) is 105 cm³/mol. The summed E-state index contributed by atoms with van der Waals surface area (Å²) in [4.78, 5) is 44.3. The highest BCUT2D eigenvalue weighted by atomic mass is 16.5. The first-order chi connectivity index (χ1) is 12.8. The van der Waals surface area contributed by atoms with Gasteiger partial charge in [0.2, 0.25) is 0 Å². The zero-order valence-corrected chi connectivity index (χ0v) is 17.8. The molecule has 0 saturated carbocycles. The molecule has 0 atom stereocenters. The molecule has 0 fully saturated rings. The van der Waals surface area contributed by atoms with Crippen LogP contribution in [-0.4, -0.2) is 23.5 Å². The van der Waals surface area contributed by atoms with E-state index in [1.807, 2.05) is 27.7 Å². The lowest BCUT2D eigenvalue weighted by Gasteiger charge is -2.25. The Balaban J connectivity index is 0.000000307. The molecule has 1 aliphatic rings. The molecule has 0 N–H and O–H groups in total. The molecule has 1 aliphatic carbocycles. The molecule has 0 amide bonds. The molecular formula is C22H28O6. The van der Waals surface area contributed by atoms with Crippen LogP contribution in [0.5, 0.6) is 11.5 Å². The molecule has 6 heteroatoms. The van der Waals surface area contributed by atoms with Gasteiger partial charge in [0.1, 0.15) is 11.5 Å². The molecule has 0 aliphatic heterocycles. The largest absolute Gasteiger partial charge is 0.426 e. The number of aryl methyl sites for hydroxylation is 1. The first kappa shape index (κ1) is 23.3. The molecule has 6 nitrogen and oxygen atoms in total. The third-order valence-corrected chi connectivity index (χ3v) is 4.44. The van der Waals surface area contributed by atoms with Crippen molar-refractivity contribution in [2.45, 2.75) is 61.8 Å². The number of hydrogen-bond acceptors (Lipinski definition) is 6. The van der Waals surface area contributed by atoms with E-state index in [1.54, 1.807) is 19.9 Å². The van der Waals surface area contributed by atoms with Crippen LogP contribution in [0, 0.1) is 26.2 Å². The summed E-state index contributed by atoms with van der Waals surface area (Å²) in [7, 11) is 0. The number of rotatable bonds is 2. The lowest BCUT2D eigenvalue weighted by Crippen LogP contribution is -2.31. The molecule has 0 unspecified atom stereocenters. The van der Waals surface area contributed by atoms with E-state index in [0.29, 0.717) is 23.5 Å². The first-order valence-electron chi connectivity index (χ1n) is 8.99. The summed E-state index contributed by atoms with van der Waals surface area (Å²) in [6, 6.07) is 1.70. The SMILES string of the molecule is CC(=O)Oc1cc(C)c(OC(C)=O)c(C)c1C.CC1=CC(=O)CC(C)(C)C1=O. The molecule has 0 spiro atoms. The highest BCUT2D eigenvalue weighted by Crippen LogP contribution is 2.33. The van der Waals surface area contributed by atoms with Crippen LogP contribution in [0.4, 0.5) is 0 Å². The van der Waals surface area contributed by atoms with Crippen molar-refractivity contribution in [3.05, 3.63) is 34.4 Å². The van der Waals surface area contributed by atoms with Gasteiger partial charge in [0.15, 0.2) is 11.6 Å². The van der Waals surface area contributed by atoms with E-state index in [0.717, 1.165) is 16.7 Å². The van der Waals surface area contributed by atoms with Gasteiger partial charge in [-0.15, -0.1) is 0 Å². The number of esters is 2. The lowest BCUT2D eigenvalue weighted by atomic mass is 9.76. The van der Waals surface area contributed by atoms with Crippen LogP contribution >= 0.6 is 0 Å². The van der Waals surface area contributed by atoms with Gasteiger partial charge >= 0.3 is 11.9 Å². The second-order valence-corrected chi connectivity index (χ2v) is 7.64. The number of allylic oxidation sites excluding steroid dienone is 2. The predicted octanol–water partition coefficient (Wildman–Crippen LogP) is 3.96. The van der Waals surface area contributed by atoms with Gasteiger partial charge in [-0.1, -0.05) is 13.8 Å². The number of Topliss-reactive ketones (excluding diaryl/α,β-unsaturated/α-hetero) is 1. The Hall–Kier alpha value is -2.76. The second kappa shape index (κ2) is 8.95. The molecule has 1 aromatic carbocycles. The maximum absolute atomic E-state index is 11.4. The van der Waals surface area contributed by atoms with Crippen molar-refractivity contribution < 1.29 is 28.7 Å². The van der Waals surface area contributed by atoms with E-state index in [-0.39, 0.29) is 23.5 Å². The lowest BCUT2D eigenvalue weighted by molar-refractivity contribution is -0.133. The molecule has 2 rings (SSSR count). The van der Waals surface area contributed by atoms with Gasteiger partial charge in [-0.05, 0) is 62.1 Å². The summed E-state index contributed by atoms with van der Waals surface area (Å²) >= 11 is 0. The van der Waals surface area contributed by atoms with Crippen molar-refractivity contribution in [1.29, 1.82) is 0 Å². The molecule has 0 aromatic heterocycles. The van der Waals surface area contributed by atoms with E-state index in [2.05, 4.69) is 0 Å². The molecule has 0 heterocycles. The third kappa shape index (κ3) is 5.87. The molecule has 28 heavy (non-hydrogen) atoms. The zero-order valence-electron chi connectivity index (χ0n) is 17.8. The van der Waals surface area contributed by atoms with Crippen molar-refractivity contribution >= 4 is 23.5 Å². The van der Waals surface area contributed by atoms with Gasteiger partial charge in [0.25, 0.3) is 0 Å². The number of carbonyl (C=O) groups is 4. The summed E-state index contributed by atoms with van der Waals surface area (Å²) in [5, 5.41) is 0. The van der Waals surface area contributed by atoms with Crippen molar-refractivity contribution in [2.75, 3.05) is 0 Å². The van der Waals surface area contributed by atoms with Crippen molar-refractivity contribution in [2.24, 2.45) is 5.41 Å². The Labute approximate surface area is 165 Å². The fourth-order valence-corrected chi connectivity index (χ4v) is 2.99. The van der Waals surface area contributed by atoms with E-state index >= 15 is 0 Å². The van der Waals surface area contributed by atoms with Crippen LogP contribution in [0.1, 0.15) is 57.7 Å². The summed E-state index contributed by atoms with van der Waals surface area (Å²) < 4.78 is 10.2. The van der Waals surface area contributed by atoms with Crippen LogP contribution in [-0.2, 0) is 19.2 Å². The van der Waals surface area contributed by atoms with Crippen LogP contribution in [0.3, 0.4) is 0 Å². The van der Waals surface area contributed by atoms with Crippen molar-refractivity contribution in [1.82, 2.24) is 0 Å². The average molecular weight is 388 g/mol. The monoisotopic (exact) mass is 388 g/mol. The summed E-state index contributed by atoms with van der Waals surface area (Å²) in [5.41, 5.74) is 2.47. The number of ether oxygens (including phenoxy) is 2. The Bertz CT molecular complexity index is 858. The minimum absolute atomic E-state index is 0.0621. The van der Waals surface area contributed by atoms with E-state index in [4.69, 9.17) is 9.47 Å². The average Bonchev–Trinajstić information content (AvgIpc) is 2.53. The minimum atomic E-state index is -0.476. The summed E-state index contributed by atoms with van der Waals surface area (Å²) in [6.45, 7) is 13.5. The fourth-order valence-electron chi connectivity index (χ4n) is 2.99. The van der Waals surface area contributed by atoms with Gasteiger partial charge in [0.05, 0.1) is 0 Å². The van der Waals surface area contributed by atoms with E-state index in [1.165, 1.54) is 19.9 Å². The quantitative estimate of drug-likeness (QED) is 0.563. The van der Waals surface area contributed by atoms with Gasteiger partial charge in [0, 0.05) is 25.7 Å². The number of ketones is 2. The number of hydrogen-bond donors (Lipinski definition) is 0. The minimum Gasteiger partial charge on any atom is -0.426 e. The Morgan fingerprint density at radius 2 is 1.46 bits per heavy atom. The topological polar surface area (TPSA) is 86.7 Å². The van der Waals surface area contributed by atoms with Crippen LogP contribution in [0.25, 0.3) is 0 Å². The Morgan fingerprint density at radius 1 is 0.929 bits per heavy atom. The molecule has 0 saturated heterocycles. The first-order valence-corrected chi connectivity index (χ1v) is 8.99. The number of benzene rings is 1. The maximum atomic E-state index is 11.4. The van der Waals surface area contributed by atoms with Gasteiger partial charge in [-0.25, -0.2) is 0 Å². The maximum Gasteiger partial charge on any atom is 0.308 e.